The Bertz CT molecular complexity index is 915. The second kappa shape index (κ2) is 6.93. The molecule has 4 nitrogen and oxygen atoms in total. The first-order valence-corrected chi connectivity index (χ1v) is 8.01. The molecule has 3 rings (SSSR count). The standard InChI is InChI=1S/C21H22O4/c1-13-10-14(22-2)11-19(24-4)20(13)17-12-18(23-3)15-8-6-7-9-16(15)21(17)25-5/h6-12H,1-5H3. The van der Waals surface area contributed by atoms with Crippen molar-refractivity contribution in [2.45, 2.75) is 6.92 Å². The summed E-state index contributed by atoms with van der Waals surface area (Å²) >= 11 is 0. The molecular formula is C21H22O4. The summed E-state index contributed by atoms with van der Waals surface area (Å²) in [5.74, 6) is 3.07. The van der Waals surface area contributed by atoms with Crippen molar-refractivity contribution in [3.05, 3.63) is 48.0 Å². The lowest BCUT2D eigenvalue weighted by Crippen LogP contribution is -1.98. The Morgan fingerprint density at radius 2 is 1.36 bits per heavy atom. The zero-order valence-electron chi connectivity index (χ0n) is 15.2. The number of methoxy groups -OCH3 is 4. The summed E-state index contributed by atoms with van der Waals surface area (Å²) in [5.41, 5.74) is 2.92. The summed E-state index contributed by atoms with van der Waals surface area (Å²) < 4.78 is 22.4. The smallest absolute Gasteiger partial charge is 0.134 e. The quantitative estimate of drug-likeness (QED) is 0.666. The highest BCUT2D eigenvalue weighted by molar-refractivity contribution is 6.00. The van der Waals surface area contributed by atoms with Gasteiger partial charge in [0.2, 0.25) is 0 Å². The van der Waals surface area contributed by atoms with Gasteiger partial charge in [0.25, 0.3) is 0 Å². The van der Waals surface area contributed by atoms with E-state index in [2.05, 4.69) is 0 Å². The maximum atomic E-state index is 5.78. The van der Waals surface area contributed by atoms with Gasteiger partial charge in [0, 0.05) is 28.0 Å². The first-order chi connectivity index (χ1) is 12.1. The Balaban J connectivity index is 2.40. The van der Waals surface area contributed by atoms with Crippen molar-refractivity contribution >= 4 is 10.8 Å². The number of hydrogen-bond acceptors (Lipinski definition) is 4. The molecule has 0 aromatic heterocycles. The van der Waals surface area contributed by atoms with Gasteiger partial charge in [-0.1, -0.05) is 24.3 Å². The molecular weight excluding hydrogens is 316 g/mol. The molecule has 3 aromatic carbocycles. The number of benzene rings is 3. The van der Waals surface area contributed by atoms with Gasteiger partial charge in [-0.2, -0.15) is 0 Å². The molecule has 0 aliphatic carbocycles. The van der Waals surface area contributed by atoms with Gasteiger partial charge < -0.3 is 18.9 Å². The zero-order chi connectivity index (χ0) is 18.0. The zero-order valence-corrected chi connectivity index (χ0v) is 15.2. The number of ether oxygens (including phenoxy) is 4. The van der Waals surface area contributed by atoms with E-state index < -0.39 is 0 Å². The molecule has 0 fully saturated rings. The largest absolute Gasteiger partial charge is 0.497 e. The number of fused-ring (bicyclic) bond motifs is 1. The average molecular weight is 338 g/mol. The minimum Gasteiger partial charge on any atom is -0.497 e. The summed E-state index contributed by atoms with van der Waals surface area (Å²) in [6.45, 7) is 2.03. The Kier molecular flexibility index (Phi) is 4.70. The van der Waals surface area contributed by atoms with Gasteiger partial charge in [-0.25, -0.2) is 0 Å². The van der Waals surface area contributed by atoms with Gasteiger partial charge in [0.05, 0.1) is 28.4 Å². The summed E-state index contributed by atoms with van der Waals surface area (Å²) in [6.07, 6.45) is 0. The van der Waals surface area contributed by atoms with Crippen LogP contribution in [0.1, 0.15) is 5.56 Å². The predicted molar refractivity (Wildman–Crippen MR) is 100 cm³/mol. The number of aryl methyl sites for hydroxylation is 1. The topological polar surface area (TPSA) is 36.9 Å². The normalized spacial score (nSPS) is 10.6. The molecule has 130 valence electrons. The van der Waals surface area contributed by atoms with Crippen molar-refractivity contribution in [1.29, 1.82) is 0 Å². The molecule has 0 spiro atoms. The van der Waals surface area contributed by atoms with E-state index in [1.54, 1.807) is 28.4 Å². The van der Waals surface area contributed by atoms with Gasteiger partial charge in [0.1, 0.15) is 23.0 Å². The second-order valence-electron chi connectivity index (χ2n) is 5.73. The highest BCUT2D eigenvalue weighted by Crippen LogP contribution is 2.46. The highest BCUT2D eigenvalue weighted by atomic mass is 16.5. The number of rotatable bonds is 5. The third-order valence-corrected chi connectivity index (χ3v) is 4.38. The van der Waals surface area contributed by atoms with E-state index in [9.17, 15) is 0 Å². The molecule has 0 unspecified atom stereocenters. The molecule has 0 heterocycles. The fourth-order valence-corrected chi connectivity index (χ4v) is 3.24. The average Bonchev–Trinajstić information content (AvgIpc) is 2.65. The van der Waals surface area contributed by atoms with E-state index in [4.69, 9.17) is 18.9 Å². The van der Waals surface area contributed by atoms with Crippen molar-refractivity contribution in [3.8, 4) is 34.1 Å². The minimum absolute atomic E-state index is 0.729. The molecule has 0 saturated carbocycles. The van der Waals surface area contributed by atoms with E-state index in [1.807, 2.05) is 49.4 Å². The molecule has 25 heavy (non-hydrogen) atoms. The van der Waals surface area contributed by atoms with Crippen LogP contribution in [0.4, 0.5) is 0 Å². The molecule has 0 N–H and O–H groups in total. The molecule has 0 saturated heterocycles. The van der Waals surface area contributed by atoms with E-state index in [0.29, 0.717) is 0 Å². The van der Waals surface area contributed by atoms with Gasteiger partial charge in [0.15, 0.2) is 0 Å². The van der Waals surface area contributed by atoms with Crippen LogP contribution in [0.15, 0.2) is 42.5 Å². The van der Waals surface area contributed by atoms with E-state index in [-0.39, 0.29) is 0 Å². The fourth-order valence-electron chi connectivity index (χ4n) is 3.24. The lowest BCUT2D eigenvalue weighted by atomic mass is 9.94. The number of hydrogen-bond donors (Lipinski definition) is 0. The molecule has 0 radical (unpaired) electrons. The molecule has 3 aromatic rings. The minimum atomic E-state index is 0.729. The van der Waals surface area contributed by atoms with E-state index >= 15 is 0 Å². The highest BCUT2D eigenvalue weighted by Gasteiger charge is 2.20. The third kappa shape index (κ3) is 2.84. The van der Waals surface area contributed by atoms with Crippen LogP contribution in [-0.4, -0.2) is 28.4 Å². The Hall–Kier alpha value is -2.88. The van der Waals surface area contributed by atoms with Crippen molar-refractivity contribution in [2.75, 3.05) is 28.4 Å². The van der Waals surface area contributed by atoms with Gasteiger partial charge in [-0.05, 0) is 24.6 Å². The fraction of sp³-hybridized carbons (Fsp3) is 0.238. The summed E-state index contributed by atoms with van der Waals surface area (Å²) in [6, 6.07) is 13.9. The van der Waals surface area contributed by atoms with Crippen molar-refractivity contribution in [1.82, 2.24) is 0 Å². The van der Waals surface area contributed by atoms with Gasteiger partial charge in [-0.3, -0.25) is 0 Å². The van der Waals surface area contributed by atoms with Crippen LogP contribution in [0.3, 0.4) is 0 Å². The second-order valence-corrected chi connectivity index (χ2v) is 5.73. The molecule has 0 aliphatic heterocycles. The molecule has 0 bridgehead atoms. The Labute approximate surface area is 147 Å². The Morgan fingerprint density at radius 3 is 1.96 bits per heavy atom. The van der Waals surface area contributed by atoms with Crippen LogP contribution in [0.5, 0.6) is 23.0 Å². The maximum absolute atomic E-state index is 5.78. The van der Waals surface area contributed by atoms with Gasteiger partial charge in [-0.15, -0.1) is 0 Å². The molecule has 0 aliphatic rings. The monoisotopic (exact) mass is 338 g/mol. The Morgan fingerprint density at radius 1 is 0.680 bits per heavy atom. The maximum Gasteiger partial charge on any atom is 0.134 e. The van der Waals surface area contributed by atoms with Crippen LogP contribution in [-0.2, 0) is 0 Å². The van der Waals surface area contributed by atoms with Crippen LogP contribution in [0.2, 0.25) is 0 Å². The van der Waals surface area contributed by atoms with Crippen molar-refractivity contribution < 1.29 is 18.9 Å². The lowest BCUT2D eigenvalue weighted by Gasteiger charge is -2.19. The first kappa shape index (κ1) is 17.0. The van der Waals surface area contributed by atoms with Crippen molar-refractivity contribution in [3.63, 3.8) is 0 Å². The van der Waals surface area contributed by atoms with Crippen molar-refractivity contribution in [2.24, 2.45) is 0 Å². The summed E-state index contributed by atoms with van der Waals surface area (Å²) in [4.78, 5) is 0. The van der Waals surface area contributed by atoms with E-state index in [0.717, 1.165) is 50.5 Å². The SMILES string of the molecule is COc1cc(C)c(-c2cc(OC)c3ccccc3c2OC)c(OC)c1. The van der Waals surface area contributed by atoms with Crippen LogP contribution in [0, 0.1) is 6.92 Å². The first-order valence-electron chi connectivity index (χ1n) is 8.01. The third-order valence-electron chi connectivity index (χ3n) is 4.38. The van der Waals surface area contributed by atoms with Crippen LogP contribution in [0.25, 0.3) is 21.9 Å². The molecule has 4 heteroatoms. The summed E-state index contributed by atoms with van der Waals surface area (Å²) in [7, 11) is 6.66. The van der Waals surface area contributed by atoms with Crippen LogP contribution >= 0.6 is 0 Å². The predicted octanol–water partition coefficient (Wildman–Crippen LogP) is 4.85. The molecule has 0 atom stereocenters. The summed E-state index contributed by atoms with van der Waals surface area (Å²) in [5, 5.41) is 2.01. The van der Waals surface area contributed by atoms with E-state index in [1.165, 1.54) is 0 Å². The van der Waals surface area contributed by atoms with Gasteiger partial charge >= 0.3 is 0 Å². The lowest BCUT2D eigenvalue weighted by molar-refractivity contribution is 0.393. The molecule has 0 amide bonds. The van der Waals surface area contributed by atoms with Crippen LogP contribution < -0.4 is 18.9 Å².